The zero-order chi connectivity index (χ0) is 19.2. The number of hydrogen-bond donors (Lipinski definition) is 0. The Morgan fingerprint density at radius 1 is 0.750 bits per heavy atom. The Bertz CT molecular complexity index is 993. The third kappa shape index (κ3) is 3.24. The molecule has 0 aliphatic carbocycles. The molecule has 0 spiro atoms. The summed E-state index contributed by atoms with van der Waals surface area (Å²) >= 11 is 0. The van der Waals surface area contributed by atoms with Crippen molar-refractivity contribution in [2.75, 3.05) is 0 Å². The van der Waals surface area contributed by atoms with Crippen molar-refractivity contribution < 1.29 is 0 Å². The lowest BCUT2D eigenvalue weighted by atomic mass is 9.67. The van der Waals surface area contributed by atoms with Crippen LogP contribution in [0.4, 0.5) is 0 Å². The van der Waals surface area contributed by atoms with Crippen molar-refractivity contribution in [3.63, 3.8) is 0 Å². The van der Waals surface area contributed by atoms with Gasteiger partial charge in [0.1, 0.15) is 6.33 Å². The fourth-order valence-electron chi connectivity index (χ4n) is 3.61. The molecular weight excluding hydrogens is 346 g/mol. The van der Waals surface area contributed by atoms with Crippen molar-refractivity contribution in [3.05, 3.63) is 120 Å². The summed E-state index contributed by atoms with van der Waals surface area (Å²) in [6, 6.07) is 17.9. The summed E-state index contributed by atoms with van der Waals surface area (Å²) in [5.41, 5.74) is 4.06. The predicted octanol–water partition coefficient (Wildman–Crippen LogP) is 3.72. The molecule has 0 amide bonds. The fourth-order valence-corrected chi connectivity index (χ4v) is 3.61. The van der Waals surface area contributed by atoms with Crippen LogP contribution in [0.5, 0.6) is 0 Å². The Kier molecular flexibility index (Phi) is 4.85. The first kappa shape index (κ1) is 17.5. The monoisotopic (exact) mass is 363 g/mol. The summed E-state index contributed by atoms with van der Waals surface area (Å²) in [5, 5.41) is 9.32. The number of hydrogen-bond acceptors (Lipinski definition) is 5. The van der Waals surface area contributed by atoms with E-state index in [-0.39, 0.29) is 0 Å². The zero-order valence-electron chi connectivity index (χ0n) is 15.1. The number of benzene rings is 1. The van der Waals surface area contributed by atoms with E-state index in [1.165, 1.54) is 6.33 Å². The van der Waals surface area contributed by atoms with E-state index < -0.39 is 5.41 Å². The summed E-state index contributed by atoms with van der Waals surface area (Å²) in [4.78, 5) is 17.3. The molecule has 0 aliphatic rings. The maximum atomic E-state index is 9.32. The van der Waals surface area contributed by atoms with Crippen molar-refractivity contribution >= 4 is 0 Å². The fraction of sp³-hybridized carbons (Fsp3) is 0.0870. The lowest BCUT2D eigenvalue weighted by Gasteiger charge is -2.35. The zero-order valence-corrected chi connectivity index (χ0v) is 15.1. The molecule has 4 rings (SSSR count). The molecule has 0 aliphatic heterocycles. The van der Waals surface area contributed by atoms with E-state index in [1.54, 1.807) is 12.4 Å². The Morgan fingerprint density at radius 3 is 1.96 bits per heavy atom. The molecular formula is C23H17N5. The molecule has 1 aromatic carbocycles. The van der Waals surface area contributed by atoms with E-state index in [0.29, 0.717) is 12.0 Å². The molecule has 3 heterocycles. The second kappa shape index (κ2) is 7.77. The number of nitrogens with zero attached hydrogens (tertiary/aromatic N) is 5. The number of aromatic nitrogens is 4. The molecule has 0 atom stereocenters. The Balaban J connectivity index is 1.99. The molecule has 5 heteroatoms. The van der Waals surface area contributed by atoms with Gasteiger partial charge >= 0.3 is 0 Å². The van der Waals surface area contributed by atoms with Crippen LogP contribution in [0.3, 0.4) is 0 Å². The van der Waals surface area contributed by atoms with Gasteiger partial charge in [-0.2, -0.15) is 5.26 Å². The first-order chi connectivity index (χ1) is 13.8. The van der Waals surface area contributed by atoms with Crippen LogP contribution >= 0.6 is 0 Å². The van der Waals surface area contributed by atoms with E-state index in [4.69, 9.17) is 0 Å². The van der Waals surface area contributed by atoms with Gasteiger partial charge in [-0.05, 0) is 47.4 Å². The molecule has 0 fully saturated rings. The third-order valence-electron chi connectivity index (χ3n) is 4.89. The minimum absolute atomic E-state index is 0.585. The van der Waals surface area contributed by atoms with Gasteiger partial charge in [0.15, 0.2) is 0 Å². The molecule has 0 radical (unpaired) electrons. The van der Waals surface area contributed by atoms with Gasteiger partial charge in [0.2, 0.25) is 0 Å². The van der Waals surface area contributed by atoms with E-state index in [0.717, 1.165) is 22.3 Å². The molecule has 0 bridgehead atoms. The van der Waals surface area contributed by atoms with Crippen molar-refractivity contribution in [2.45, 2.75) is 11.8 Å². The lowest BCUT2D eigenvalue weighted by Crippen LogP contribution is -2.32. The second-order valence-electron chi connectivity index (χ2n) is 6.50. The summed E-state index contributed by atoms with van der Waals surface area (Å²) < 4.78 is 0. The maximum Gasteiger partial charge on any atom is 0.115 e. The van der Waals surface area contributed by atoms with Gasteiger partial charge in [-0.1, -0.05) is 24.3 Å². The average Bonchev–Trinajstić information content (AvgIpc) is 2.79. The molecule has 134 valence electrons. The van der Waals surface area contributed by atoms with Crippen molar-refractivity contribution in [1.29, 1.82) is 5.26 Å². The molecule has 0 saturated carbocycles. The quantitative estimate of drug-likeness (QED) is 0.540. The van der Waals surface area contributed by atoms with Crippen LogP contribution in [-0.2, 0) is 11.8 Å². The van der Waals surface area contributed by atoms with E-state index in [1.807, 2.05) is 61.2 Å². The van der Waals surface area contributed by atoms with Gasteiger partial charge in [-0.3, -0.25) is 9.97 Å². The largest absolute Gasteiger partial charge is 0.264 e. The number of pyridine rings is 2. The highest BCUT2D eigenvalue weighted by Crippen LogP contribution is 2.41. The van der Waals surface area contributed by atoms with Crippen LogP contribution in [-0.4, -0.2) is 19.9 Å². The van der Waals surface area contributed by atoms with E-state index in [2.05, 4.69) is 38.1 Å². The minimum atomic E-state index is -0.585. The molecule has 0 unspecified atom stereocenters. The standard InChI is InChI=1S/C23H17N5/c24-12-19-5-1-4-18(10-19)11-23(20-6-2-8-25-13-20,21-7-3-9-26-14-21)22-15-27-17-28-16-22/h1-10,13-17H,11H2. The smallest absolute Gasteiger partial charge is 0.115 e. The predicted molar refractivity (Wildman–Crippen MR) is 105 cm³/mol. The van der Waals surface area contributed by atoms with Crippen LogP contribution in [0.1, 0.15) is 27.8 Å². The highest BCUT2D eigenvalue weighted by atomic mass is 14.8. The Morgan fingerprint density at radius 2 is 1.39 bits per heavy atom. The van der Waals surface area contributed by atoms with Crippen LogP contribution in [0.2, 0.25) is 0 Å². The van der Waals surface area contributed by atoms with Crippen molar-refractivity contribution in [1.82, 2.24) is 19.9 Å². The topological polar surface area (TPSA) is 75.3 Å². The molecule has 5 nitrogen and oxygen atoms in total. The number of nitriles is 1. The van der Waals surface area contributed by atoms with Gasteiger partial charge < -0.3 is 0 Å². The highest BCUT2D eigenvalue weighted by molar-refractivity contribution is 5.50. The van der Waals surface area contributed by atoms with Crippen LogP contribution in [0.15, 0.2) is 92.0 Å². The van der Waals surface area contributed by atoms with Crippen LogP contribution in [0, 0.1) is 11.3 Å². The van der Waals surface area contributed by atoms with Crippen molar-refractivity contribution in [2.24, 2.45) is 0 Å². The molecule has 3 aromatic heterocycles. The second-order valence-corrected chi connectivity index (χ2v) is 6.50. The lowest BCUT2D eigenvalue weighted by molar-refractivity contribution is 0.601. The third-order valence-corrected chi connectivity index (χ3v) is 4.89. The van der Waals surface area contributed by atoms with Crippen LogP contribution in [0.25, 0.3) is 0 Å². The molecule has 4 aromatic rings. The SMILES string of the molecule is N#Cc1cccc(CC(c2cccnc2)(c2cccnc2)c2cncnc2)c1. The first-order valence-corrected chi connectivity index (χ1v) is 8.88. The summed E-state index contributed by atoms with van der Waals surface area (Å²) in [6.45, 7) is 0. The van der Waals surface area contributed by atoms with Gasteiger partial charge in [0.05, 0.1) is 17.0 Å². The Hall–Kier alpha value is -3.91. The summed E-state index contributed by atoms with van der Waals surface area (Å²) in [5.74, 6) is 0. The first-order valence-electron chi connectivity index (χ1n) is 8.88. The van der Waals surface area contributed by atoms with Crippen molar-refractivity contribution in [3.8, 4) is 6.07 Å². The van der Waals surface area contributed by atoms with Gasteiger partial charge in [0, 0.05) is 42.7 Å². The number of rotatable bonds is 5. The van der Waals surface area contributed by atoms with Crippen LogP contribution < -0.4 is 0 Å². The summed E-state index contributed by atoms with van der Waals surface area (Å²) in [7, 11) is 0. The maximum absolute atomic E-state index is 9.32. The van der Waals surface area contributed by atoms with Gasteiger partial charge in [0.25, 0.3) is 0 Å². The minimum Gasteiger partial charge on any atom is -0.264 e. The van der Waals surface area contributed by atoms with E-state index in [9.17, 15) is 5.26 Å². The average molecular weight is 363 g/mol. The normalized spacial score (nSPS) is 11.0. The Labute approximate surface area is 163 Å². The highest BCUT2D eigenvalue weighted by Gasteiger charge is 2.37. The van der Waals surface area contributed by atoms with E-state index >= 15 is 0 Å². The van der Waals surface area contributed by atoms with Gasteiger partial charge in [-0.15, -0.1) is 0 Å². The van der Waals surface area contributed by atoms with Gasteiger partial charge in [-0.25, -0.2) is 9.97 Å². The molecule has 28 heavy (non-hydrogen) atoms. The molecule has 0 saturated heterocycles. The molecule has 0 N–H and O–H groups in total. The summed E-state index contributed by atoms with van der Waals surface area (Å²) in [6.07, 6.45) is 13.1.